The van der Waals surface area contributed by atoms with Crippen molar-refractivity contribution in [2.75, 3.05) is 26.8 Å². The third kappa shape index (κ3) is 5.43. The summed E-state index contributed by atoms with van der Waals surface area (Å²) in [5, 5.41) is 3.61. The largest absolute Gasteiger partial charge is 0.383 e. The molecule has 0 aliphatic heterocycles. The van der Waals surface area contributed by atoms with Gasteiger partial charge in [0.2, 0.25) is 0 Å². The van der Waals surface area contributed by atoms with Crippen molar-refractivity contribution in [1.82, 2.24) is 5.32 Å². The molecule has 2 nitrogen and oxygen atoms in total. The number of methoxy groups -OCH3 is 1. The molecule has 2 heteroatoms. The van der Waals surface area contributed by atoms with Crippen LogP contribution in [0.1, 0.15) is 66.2 Å². The molecule has 0 radical (unpaired) electrons. The van der Waals surface area contributed by atoms with Crippen LogP contribution in [0.3, 0.4) is 0 Å². The van der Waals surface area contributed by atoms with Crippen molar-refractivity contribution in [3.63, 3.8) is 0 Å². The van der Waals surface area contributed by atoms with Crippen LogP contribution < -0.4 is 5.32 Å². The Labute approximate surface area is 120 Å². The molecule has 0 aromatic rings. The van der Waals surface area contributed by atoms with Crippen molar-refractivity contribution in [1.29, 1.82) is 0 Å². The van der Waals surface area contributed by atoms with Crippen molar-refractivity contribution in [2.24, 2.45) is 16.7 Å². The minimum absolute atomic E-state index is 0.488. The molecule has 0 saturated heterocycles. The van der Waals surface area contributed by atoms with Gasteiger partial charge >= 0.3 is 0 Å². The highest BCUT2D eigenvalue weighted by Gasteiger charge is 2.37. The van der Waals surface area contributed by atoms with Crippen molar-refractivity contribution < 1.29 is 4.74 Å². The summed E-state index contributed by atoms with van der Waals surface area (Å²) in [5.74, 6) is 0.913. The number of hydrogen-bond donors (Lipinski definition) is 1. The fourth-order valence-electron chi connectivity index (χ4n) is 3.67. The standard InChI is InChI=1S/C17H35NO/c1-6-9-17(14-18-12-13-19-5)10-7-15(8-11-17)16(2,3)4/h15,18H,6-14H2,1-5H3. The van der Waals surface area contributed by atoms with Crippen molar-refractivity contribution in [3.05, 3.63) is 0 Å². The zero-order valence-corrected chi connectivity index (χ0v) is 13.8. The molecule has 1 aliphatic carbocycles. The van der Waals surface area contributed by atoms with E-state index in [1.807, 2.05) is 0 Å². The van der Waals surface area contributed by atoms with E-state index in [1.165, 1.54) is 45.1 Å². The zero-order chi connectivity index (χ0) is 14.4. The first-order valence-electron chi connectivity index (χ1n) is 8.13. The SMILES string of the molecule is CCCC1(CNCCOC)CCC(C(C)(C)C)CC1. The van der Waals surface area contributed by atoms with Crippen LogP contribution in [0.5, 0.6) is 0 Å². The number of rotatable bonds is 7. The highest BCUT2D eigenvalue weighted by Crippen LogP contribution is 2.47. The maximum absolute atomic E-state index is 5.12. The maximum Gasteiger partial charge on any atom is 0.0587 e. The van der Waals surface area contributed by atoms with Gasteiger partial charge in [0.1, 0.15) is 0 Å². The van der Waals surface area contributed by atoms with Crippen LogP contribution in [0.2, 0.25) is 0 Å². The van der Waals surface area contributed by atoms with Crippen LogP contribution >= 0.6 is 0 Å². The smallest absolute Gasteiger partial charge is 0.0587 e. The highest BCUT2D eigenvalue weighted by molar-refractivity contribution is 4.90. The quantitative estimate of drug-likeness (QED) is 0.698. The molecule has 1 fully saturated rings. The number of ether oxygens (including phenoxy) is 1. The summed E-state index contributed by atoms with van der Waals surface area (Å²) in [4.78, 5) is 0. The predicted octanol–water partition coefficient (Wildman–Crippen LogP) is 4.25. The molecule has 0 aromatic carbocycles. The van der Waals surface area contributed by atoms with Gasteiger partial charge in [-0.25, -0.2) is 0 Å². The van der Waals surface area contributed by atoms with Crippen molar-refractivity contribution >= 4 is 0 Å². The van der Waals surface area contributed by atoms with E-state index in [2.05, 4.69) is 33.0 Å². The van der Waals surface area contributed by atoms with Crippen LogP contribution in [-0.2, 0) is 4.74 Å². The van der Waals surface area contributed by atoms with Gasteiger partial charge in [0, 0.05) is 20.2 Å². The molecule has 0 heterocycles. The van der Waals surface area contributed by atoms with Gasteiger partial charge in [0.05, 0.1) is 6.61 Å². The fourth-order valence-corrected chi connectivity index (χ4v) is 3.67. The second-order valence-corrected chi connectivity index (χ2v) is 7.56. The maximum atomic E-state index is 5.12. The molecule has 1 rings (SSSR count). The first kappa shape index (κ1) is 17.0. The Morgan fingerprint density at radius 3 is 2.32 bits per heavy atom. The van der Waals surface area contributed by atoms with E-state index in [4.69, 9.17) is 4.74 Å². The molecular weight excluding hydrogens is 234 g/mol. The summed E-state index contributed by atoms with van der Waals surface area (Å²) < 4.78 is 5.12. The molecule has 0 amide bonds. The normalized spacial score (nSPS) is 28.6. The molecule has 1 saturated carbocycles. The highest BCUT2D eigenvalue weighted by atomic mass is 16.5. The third-order valence-electron chi connectivity index (χ3n) is 5.03. The Hall–Kier alpha value is -0.0800. The number of nitrogens with one attached hydrogen (secondary N) is 1. The second kappa shape index (κ2) is 7.64. The molecule has 114 valence electrons. The summed E-state index contributed by atoms with van der Waals surface area (Å²) in [6.45, 7) is 12.5. The van der Waals surface area contributed by atoms with E-state index < -0.39 is 0 Å². The van der Waals surface area contributed by atoms with Gasteiger partial charge < -0.3 is 10.1 Å². The Bertz CT molecular complexity index is 236. The van der Waals surface area contributed by atoms with Crippen molar-refractivity contribution in [2.45, 2.75) is 66.2 Å². The molecular formula is C17H35NO. The van der Waals surface area contributed by atoms with E-state index in [-0.39, 0.29) is 0 Å². The molecule has 1 aliphatic rings. The zero-order valence-electron chi connectivity index (χ0n) is 13.8. The Morgan fingerprint density at radius 1 is 1.21 bits per heavy atom. The molecule has 0 atom stereocenters. The lowest BCUT2D eigenvalue weighted by Gasteiger charge is -2.44. The average Bonchev–Trinajstić information content (AvgIpc) is 2.35. The molecule has 0 bridgehead atoms. The summed E-state index contributed by atoms with van der Waals surface area (Å²) in [7, 11) is 1.78. The molecule has 0 unspecified atom stereocenters. The van der Waals surface area contributed by atoms with E-state index in [1.54, 1.807) is 7.11 Å². The van der Waals surface area contributed by atoms with Crippen LogP contribution in [-0.4, -0.2) is 26.8 Å². The lowest BCUT2D eigenvalue weighted by Crippen LogP contribution is -2.40. The van der Waals surface area contributed by atoms with E-state index in [0.717, 1.165) is 19.1 Å². The van der Waals surface area contributed by atoms with E-state index in [9.17, 15) is 0 Å². The summed E-state index contributed by atoms with van der Waals surface area (Å²) >= 11 is 0. The van der Waals surface area contributed by atoms with Crippen LogP contribution in [0.15, 0.2) is 0 Å². The van der Waals surface area contributed by atoms with Gasteiger partial charge in [-0.05, 0) is 48.9 Å². The molecule has 19 heavy (non-hydrogen) atoms. The first-order chi connectivity index (χ1) is 8.93. The summed E-state index contributed by atoms with van der Waals surface area (Å²) in [6.07, 6.45) is 8.33. The fraction of sp³-hybridized carbons (Fsp3) is 1.00. The van der Waals surface area contributed by atoms with Crippen LogP contribution in [0, 0.1) is 16.7 Å². The third-order valence-corrected chi connectivity index (χ3v) is 5.03. The monoisotopic (exact) mass is 269 g/mol. The van der Waals surface area contributed by atoms with E-state index >= 15 is 0 Å². The van der Waals surface area contributed by atoms with Gasteiger partial charge in [-0.15, -0.1) is 0 Å². The Morgan fingerprint density at radius 2 is 1.84 bits per heavy atom. The molecule has 0 spiro atoms. The summed E-state index contributed by atoms with van der Waals surface area (Å²) in [5.41, 5.74) is 1.05. The Kier molecular flexibility index (Phi) is 6.82. The molecule has 0 aromatic heterocycles. The topological polar surface area (TPSA) is 21.3 Å². The number of hydrogen-bond acceptors (Lipinski definition) is 2. The minimum Gasteiger partial charge on any atom is -0.383 e. The average molecular weight is 269 g/mol. The van der Waals surface area contributed by atoms with Gasteiger partial charge in [-0.3, -0.25) is 0 Å². The van der Waals surface area contributed by atoms with Gasteiger partial charge in [0.15, 0.2) is 0 Å². The predicted molar refractivity (Wildman–Crippen MR) is 83.5 cm³/mol. The summed E-state index contributed by atoms with van der Waals surface area (Å²) in [6, 6.07) is 0. The Balaban J connectivity index is 2.46. The van der Waals surface area contributed by atoms with Gasteiger partial charge in [0.25, 0.3) is 0 Å². The van der Waals surface area contributed by atoms with Gasteiger partial charge in [-0.1, -0.05) is 34.1 Å². The lowest BCUT2D eigenvalue weighted by molar-refractivity contribution is 0.0772. The minimum atomic E-state index is 0.488. The first-order valence-corrected chi connectivity index (χ1v) is 8.13. The van der Waals surface area contributed by atoms with Crippen molar-refractivity contribution in [3.8, 4) is 0 Å². The van der Waals surface area contributed by atoms with Gasteiger partial charge in [-0.2, -0.15) is 0 Å². The van der Waals surface area contributed by atoms with E-state index in [0.29, 0.717) is 10.8 Å². The van der Waals surface area contributed by atoms with Crippen LogP contribution in [0.25, 0.3) is 0 Å². The lowest BCUT2D eigenvalue weighted by atomic mass is 9.62. The second-order valence-electron chi connectivity index (χ2n) is 7.56. The molecule has 1 N–H and O–H groups in total. The van der Waals surface area contributed by atoms with Crippen LogP contribution in [0.4, 0.5) is 0 Å².